The lowest BCUT2D eigenvalue weighted by Crippen LogP contribution is -2.14. The smallest absolute Gasteiger partial charge is 0.259 e. The number of carbonyl (C=O) groups is 1. The number of hydrogen-bond acceptors (Lipinski definition) is 2. The Morgan fingerprint density at radius 2 is 2.05 bits per heavy atom. The summed E-state index contributed by atoms with van der Waals surface area (Å²) in [6.45, 7) is 0. The summed E-state index contributed by atoms with van der Waals surface area (Å²) in [6.07, 6.45) is 0. The Bertz CT molecular complexity index is 628. The Balaban J connectivity index is 2.28. The number of nitrogen functional groups attached to an aromatic ring is 1. The number of rotatable bonds is 2. The molecule has 2 rings (SSSR count). The number of nitrogens with one attached hydrogen (secondary N) is 1. The number of carbonyl (C=O) groups excluding carboxylic acids is 1. The molecule has 0 spiro atoms. The Kier molecular flexibility index (Phi) is 4.07. The van der Waals surface area contributed by atoms with Crippen LogP contribution in [0.25, 0.3) is 0 Å². The molecule has 0 saturated carbocycles. The van der Waals surface area contributed by atoms with Gasteiger partial charge in [0.2, 0.25) is 0 Å². The molecular formula is C13H9BrClFN2O. The highest BCUT2D eigenvalue weighted by Gasteiger charge is 2.15. The molecule has 0 unspecified atom stereocenters. The third kappa shape index (κ3) is 3.05. The first-order valence-electron chi connectivity index (χ1n) is 5.29. The number of nitrogens with two attached hydrogens (primary N) is 1. The minimum atomic E-state index is -0.603. The van der Waals surface area contributed by atoms with Crippen LogP contribution < -0.4 is 11.1 Å². The van der Waals surface area contributed by atoms with E-state index in [-0.39, 0.29) is 5.56 Å². The minimum Gasteiger partial charge on any atom is -0.398 e. The minimum absolute atomic E-state index is 0.0598. The van der Waals surface area contributed by atoms with E-state index in [0.29, 0.717) is 20.9 Å². The van der Waals surface area contributed by atoms with E-state index in [0.717, 1.165) is 0 Å². The van der Waals surface area contributed by atoms with E-state index in [9.17, 15) is 9.18 Å². The molecule has 0 atom stereocenters. The molecule has 98 valence electrons. The second-order valence-corrected chi connectivity index (χ2v) is 5.05. The second kappa shape index (κ2) is 5.59. The van der Waals surface area contributed by atoms with E-state index in [1.54, 1.807) is 18.2 Å². The van der Waals surface area contributed by atoms with Crippen molar-refractivity contribution < 1.29 is 9.18 Å². The molecule has 0 aliphatic carbocycles. The molecule has 3 N–H and O–H groups in total. The van der Waals surface area contributed by atoms with Crippen molar-refractivity contribution in [2.45, 2.75) is 0 Å². The Labute approximate surface area is 122 Å². The van der Waals surface area contributed by atoms with E-state index in [1.807, 2.05) is 0 Å². The van der Waals surface area contributed by atoms with E-state index < -0.39 is 11.7 Å². The van der Waals surface area contributed by atoms with Crippen molar-refractivity contribution >= 4 is 44.8 Å². The maximum Gasteiger partial charge on any atom is 0.259 e. The summed E-state index contributed by atoms with van der Waals surface area (Å²) >= 11 is 8.99. The van der Waals surface area contributed by atoms with Gasteiger partial charge in [-0.3, -0.25) is 4.79 Å². The molecule has 0 aromatic heterocycles. The van der Waals surface area contributed by atoms with E-state index in [4.69, 9.17) is 17.3 Å². The van der Waals surface area contributed by atoms with Crippen LogP contribution in [0.5, 0.6) is 0 Å². The van der Waals surface area contributed by atoms with Crippen molar-refractivity contribution in [3.8, 4) is 0 Å². The fourth-order valence-corrected chi connectivity index (χ4v) is 2.22. The van der Waals surface area contributed by atoms with Gasteiger partial charge in [-0.05, 0) is 46.3 Å². The van der Waals surface area contributed by atoms with Gasteiger partial charge in [-0.2, -0.15) is 0 Å². The number of anilines is 2. The zero-order chi connectivity index (χ0) is 14.0. The highest BCUT2D eigenvalue weighted by molar-refractivity contribution is 9.10. The fourth-order valence-electron chi connectivity index (χ4n) is 1.51. The van der Waals surface area contributed by atoms with Gasteiger partial charge in [-0.25, -0.2) is 4.39 Å². The molecule has 0 bridgehead atoms. The van der Waals surface area contributed by atoms with E-state index >= 15 is 0 Å². The average Bonchev–Trinajstić information content (AvgIpc) is 2.33. The molecule has 0 heterocycles. The van der Waals surface area contributed by atoms with Crippen LogP contribution >= 0.6 is 27.5 Å². The summed E-state index contributed by atoms with van der Waals surface area (Å²) in [5, 5.41) is 2.88. The van der Waals surface area contributed by atoms with Crippen LogP contribution in [0.15, 0.2) is 40.9 Å². The van der Waals surface area contributed by atoms with Gasteiger partial charge in [0.1, 0.15) is 5.82 Å². The number of hydrogen-bond donors (Lipinski definition) is 2. The SMILES string of the molecule is Nc1ccc(NC(=O)c2c(F)cccc2Br)cc1Cl. The lowest BCUT2D eigenvalue weighted by molar-refractivity contribution is 0.102. The average molecular weight is 344 g/mol. The first kappa shape index (κ1) is 13.8. The van der Waals surface area contributed by atoms with Gasteiger partial charge >= 0.3 is 0 Å². The molecule has 6 heteroatoms. The van der Waals surface area contributed by atoms with Crippen molar-refractivity contribution in [2.75, 3.05) is 11.1 Å². The summed E-state index contributed by atoms with van der Waals surface area (Å²) in [6, 6.07) is 8.98. The van der Waals surface area contributed by atoms with Crippen molar-refractivity contribution in [3.63, 3.8) is 0 Å². The lowest BCUT2D eigenvalue weighted by atomic mass is 10.2. The third-order valence-corrected chi connectivity index (χ3v) is 3.44. The standard InChI is InChI=1S/C13H9BrClFN2O/c14-8-2-1-3-10(16)12(8)13(19)18-7-4-5-11(17)9(15)6-7/h1-6H,17H2,(H,18,19). The van der Waals surface area contributed by atoms with Gasteiger partial charge in [0.15, 0.2) is 0 Å². The van der Waals surface area contributed by atoms with Crippen molar-refractivity contribution in [2.24, 2.45) is 0 Å². The van der Waals surface area contributed by atoms with Crippen molar-refractivity contribution in [1.82, 2.24) is 0 Å². The highest BCUT2D eigenvalue weighted by Crippen LogP contribution is 2.25. The largest absolute Gasteiger partial charge is 0.398 e. The third-order valence-electron chi connectivity index (χ3n) is 2.45. The quantitative estimate of drug-likeness (QED) is 0.807. The zero-order valence-corrected chi connectivity index (χ0v) is 11.9. The van der Waals surface area contributed by atoms with Gasteiger partial charge < -0.3 is 11.1 Å². The molecular weight excluding hydrogens is 335 g/mol. The van der Waals surface area contributed by atoms with E-state index in [1.165, 1.54) is 18.2 Å². The van der Waals surface area contributed by atoms with Crippen LogP contribution in [-0.2, 0) is 0 Å². The molecule has 1 amide bonds. The summed E-state index contributed by atoms with van der Waals surface area (Å²) in [7, 11) is 0. The van der Waals surface area contributed by atoms with Crippen molar-refractivity contribution in [3.05, 3.63) is 57.3 Å². The fraction of sp³-hybridized carbons (Fsp3) is 0. The Morgan fingerprint density at radius 3 is 2.68 bits per heavy atom. The summed E-state index contributed by atoms with van der Waals surface area (Å²) in [5.41, 5.74) is 6.36. The van der Waals surface area contributed by atoms with Crippen LogP contribution in [-0.4, -0.2) is 5.91 Å². The molecule has 19 heavy (non-hydrogen) atoms. The highest BCUT2D eigenvalue weighted by atomic mass is 79.9. The van der Waals surface area contributed by atoms with Crippen LogP contribution in [0.3, 0.4) is 0 Å². The molecule has 2 aromatic carbocycles. The van der Waals surface area contributed by atoms with Gasteiger partial charge in [0.25, 0.3) is 5.91 Å². The van der Waals surface area contributed by atoms with Crippen LogP contribution in [0.1, 0.15) is 10.4 Å². The second-order valence-electron chi connectivity index (χ2n) is 3.79. The summed E-state index contributed by atoms with van der Waals surface area (Å²) < 4.78 is 14.0. The van der Waals surface area contributed by atoms with E-state index in [2.05, 4.69) is 21.2 Å². The first-order chi connectivity index (χ1) is 8.99. The van der Waals surface area contributed by atoms with Gasteiger partial charge in [0, 0.05) is 10.2 Å². The van der Waals surface area contributed by atoms with Gasteiger partial charge in [0.05, 0.1) is 16.3 Å². The molecule has 0 saturated heterocycles. The predicted octanol–water partition coefficient (Wildman–Crippen LogP) is 4.08. The monoisotopic (exact) mass is 342 g/mol. The molecule has 3 nitrogen and oxygen atoms in total. The van der Waals surface area contributed by atoms with Crippen molar-refractivity contribution in [1.29, 1.82) is 0 Å². The normalized spacial score (nSPS) is 10.3. The van der Waals surface area contributed by atoms with Crippen LogP contribution in [0.4, 0.5) is 15.8 Å². The first-order valence-corrected chi connectivity index (χ1v) is 6.46. The Hall–Kier alpha value is -1.59. The topological polar surface area (TPSA) is 55.1 Å². The lowest BCUT2D eigenvalue weighted by Gasteiger charge is -2.08. The van der Waals surface area contributed by atoms with Crippen LogP contribution in [0.2, 0.25) is 5.02 Å². The van der Waals surface area contributed by atoms with Crippen LogP contribution in [0, 0.1) is 5.82 Å². The molecule has 0 aliphatic heterocycles. The summed E-state index contributed by atoms with van der Waals surface area (Å²) in [5.74, 6) is -1.17. The maximum absolute atomic E-state index is 13.6. The Morgan fingerprint density at radius 1 is 1.32 bits per heavy atom. The maximum atomic E-state index is 13.6. The number of benzene rings is 2. The number of halogens is 3. The molecule has 0 fully saturated rings. The summed E-state index contributed by atoms with van der Waals surface area (Å²) in [4.78, 5) is 12.0. The van der Waals surface area contributed by atoms with Gasteiger partial charge in [-0.1, -0.05) is 17.7 Å². The zero-order valence-electron chi connectivity index (χ0n) is 9.58. The predicted molar refractivity (Wildman–Crippen MR) is 77.9 cm³/mol. The molecule has 0 aliphatic rings. The number of amides is 1. The molecule has 0 radical (unpaired) electrons. The molecule has 2 aromatic rings. The van der Waals surface area contributed by atoms with Gasteiger partial charge in [-0.15, -0.1) is 0 Å².